The van der Waals surface area contributed by atoms with E-state index in [-0.39, 0.29) is 11.5 Å². The molecule has 2 N–H and O–H groups in total. The van der Waals surface area contributed by atoms with Crippen LogP contribution in [0.2, 0.25) is 5.15 Å². The summed E-state index contributed by atoms with van der Waals surface area (Å²) in [6.07, 6.45) is 1.80. The molecule has 1 aromatic heterocycles. The molecule has 0 spiro atoms. The lowest BCUT2D eigenvalue weighted by molar-refractivity contribution is 0.0372. The number of halogens is 2. The summed E-state index contributed by atoms with van der Waals surface area (Å²) in [7, 11) is 0. The van der Waals surface area contributed by atoms with Gasteiger partial charge in [-0.25, -0.2) is 9.78 Å². The lowest BCUT2D eigenvalue weighted by Gasteiger charge is -2.30. The molecule has 1 fully saturated rings. The fourth-order valence-electron chi connectivity index (χ4n) is 2.09. The maximum Gasteiger partial charge on any atom is 0.404 e. The fourth-order valence-corrected chi connectivity index (χ4v) is 3.04. The molecule has 0 unspecified atom stereocenters. The predicted molar refractivity (Wildman–Crippen MR) is 97.8 cm³/mol. The molecule has 2 rings (SSSR count). The average molecular weight is 453 g/mol. The summed E-state index contributed by atoms with van der Waals surface area (Å²) >= 11 is 8.30. The smallest absolute Gasteiger partial charge is 0.404 e. The van der Waals surface area contributed by atoms with Crippen molar-refractivity contribution in [2.75, 3.05) is 6.61 Å². The Morgan fingerprint density at radius 2 is 2.17 bits per heavy atom. The van der Waals surface area contributed by atoms with E-state index in [0.717, 1.165) is 9.26 Å². The zero-order chi connectivity index (χ0) is 17.2. The van der Waals surface area contributed by atoms with Gasteiger partial charge in [0.05, 0.1) is 6.61 Å². The molecular formula is C16H22ClIN2O3. The van der Waals surface area contributed by atoms with Crippen LogP contribution in [-0.2, 0) is 11.2 Å². The molecule has 1 aromatic rings. The number of carbonyl (C=O) groups is 1. The Bertz CT molecular complexity index is 585. The molecule has 7 heteroatoms. The van der Waals surface area contributed by atoms with Gasteiger partial charge in [0.2, 0.25) is 0 Å². The zero-order valence-electron chi connectivity index (χ0n) is 13.6. The lowest BCUT2D eigenvalue weighted by atomic mass is 9.85. The topological polar surface area (TPSA) is 74.4 Å². The first-order chi connectivity index (χ1) is 10.7. The second-order valence-electron chi connectivity index (χ2n) is 6.98. The van der Waals surface area contributed by atoms with Gasteiger partial charge in [-0.3, -0.25) is 0 Å². The van der Waals surface area contributed by atoms with Crippen LogP contribution in [0.15, 0.2) is 6.07 Å². The molecule has 0 aliphatic heterocycles. The van der Waals surface area contributed by atoms with Crippen molar-refractivity contribution in [2.24, 2.45) is 17.1 Å². The van der Waals surface area contributed by atoms with E-state index in [4.69, 9.17) is 26.8 Å². The molecule has 1 atom stereocenters. The third-order valence-electron chi connectivity index (χ3n) is 3.77. The van der Waals surface area contributed by atoms with Gasteiger partial charge in [-0.2, -0.15) is 0 Å². The van der Waals surface area contributed by atoms with Gasteiger partial charge in [-0.1, -0.05) is 32.4 Å². The largest absolute Gasteiger partial charge is 0.490 e. The maximum atomic E-state index is 11.2. The van der Waals surface area contributed by atoms with Crippen LogP contribution in [0.1, 0.15) is 39.2 Å². The van der Waals surface area contributed by atoms with E-state index in [0.29, 0.717) is 29.8 Å². The van der Waals surface area contributed by atoms with E-state index >= 15 is 0 Å². The first kappa shape index (κ1) is 18.6. The molecule has 23 heavy (non-hydrogen) atoms. The number of nitrogens with zero attached hydrogens (tertiary/aromatic N) is 1. The highest BCUT2D eigenvalue weighted by atomic mass is 127. The number of carbonyl (C=O) groups excluding carboxylic acids is 1. The van der Waals surface area contributed by atoms with Gasteiger partial charge in [0.1, 0.15) is 9.80 Å². The third kappa shape index (κ3) is 5.67. The van der Waals surface area contributed by atoms with Crippen molar-refractivity contribution in [2.45, 2.75) is 46.1 Å². The molecule has 0 saturated heterocycles. The summed E-state index contributed by atoms with van der Waals surface area (Å²) < 4.78 is 11.8. The van der Waals surface area contributed by atoms with Crippen LogP contribution in [0.3, 0.4) is 0 Å². The van der Waals surface area contributed by atoms with Crippen molar-refractivity contribution in [1.29, 1.82) is 0 Å². The number of amides is 1. The molecule has 0 bridgehead atoms. The van der Waals surface area contributed by atoms with Gasteiger partial charge in [-0.15, -0.1) is 0 Å². The van der Waals surface area contributed by atoms with Gasteiger partial charge in [0.15, 0.2) is 10.9 Å². The highest BCUT2D eigenvalue weighted by Gasteiger charge is 2.29. The molecule has 1 aliphatic carbocycles. The number of rotatable bonds is 6. The Labute approximate surface area is 155 Å². The SMILES string of the molecule is CC(C)(C)[C@H](Cc1cc(OCC2CC2)c(Cl)nc1I)OC(N)=O. The first-order valence-corrected chi connectivity index (χ1v) is 9.06. The monoisotopic (exact) mass is 452 g/mol. The summed E-state index contributed by atoms with van der Waals surface area (Å²) in [5, 5.41) is 0.363. The predicted octanol–water partition coefficient (Wildman–Crippen LogP) is 4.18. The van der Waals surface area contributed by atoms with E-state index in [2.05, 4.69) is 27.6 Å². The summed E-state index contributed by atoms with van der Waals surface area (Å²) in [6.45, 7) is 6.67. The number of pyridine rings is 1. The summed E-state index contributed by atoms with van der Waals surface area (Å²) in [6, 6.07) is 1.89. The van der Waals surface area contributed by atoms with Crippen molar-refractivity contribution in [3.63, 3.8) is 0 Å². The highest BCUT2D eigenvalue weighted by molar-refractivity contribution is 14.1. The number of primary amides is 1. The Morgan fingerprint density at radius 1 is 1.52 bits per heavy atom. The van der Waals surface area contributed by atoms with Crippen LogP contribution in [0, 0.1) is 15.0 Å². The van der Waals surface area contributed by atoms with Crippen LogP contribution >= 0.6 is 34.2 Å². The highest BCUT2D eigenvalue weighted by Crippen LogP contribution is 2.33. The Morgan fingerprint density at radius 3 is 2.70 bits per heavy atom. The van der Waals surface area contributed by atoms with Crippen LogP contribution in [0.4, 0.5) is 4.79 Å². The number of hydrogen-bond donors (Lipinski definition) is 1. The van der Waals surface area contributed by atoms with Gasteiger partial charge in [-0.05, 0) is 58.4 Å². The van der Waals surface area contributed by atoms with Crippen LogP contribution in [0.5, 0.6) is 5.75 Å². The molecule has 128 valence electrons. The number of hydrogen-bond acceptors (Lipinski definition) is 4. The first-order valence-electron chi connectivity index (χ1n) is 7.60. The lowest BCUT2D eigenvalue weighted by Crippen LogP contribution is -2.35. The minimum absolute atomic E-state index is 0.243. The number of ether oxygens (including phenoxy) is 2. The molecule has 1 amide bonds. The quantitative estimate of drug-likeness (QED) is 0.519. The molecular weight excluding hydrogens is 431 g/mol. The third-order valence-corrected chi connectivity index (χ3v) is 4.98. The molecule has 1 aliphatic rings. The van der Waals surface area contributed by atoms with Gasteiger partial charge >= 0.3 is 6.09 Å². The number of aromatic nitrogens is 1. The van der Waals surface area contributed by atoms with E-state index in [1.54, 1.807) is 0 Å². The van der Waals surface area contributed by atoms with E-state index in [1.807, 2.05) is 26.8 Å². The molecule has 1 saturated carbocycles. The van der Waals surface area contributed by atoms with Crippen molar-refractivity contribution < 1.29 is 14.3 Å². The minimum atomic E-state index is -0.771. The molecule has 0 radical (unpaired) electrons. The van der Waals surface area contributed by atoms with E-state index in [1.165, 1.54) is 12.8 Å². The van der Waals surface area contributed by atoms with E-state index < -0.39 is 6.09 Å². The summed E-state index contributed by atoms with van der Waals surface area (Å²) in [4.78, 5) is 15.5. The second-order valence-corrected chi connectivity index (χ2v) is 8.36. The fraction of sp³-hybridized carbons (Fsp3) is 0.625. The van der Waals surface area contributed by atoms with Crippen molar-refractivity contribution in [3.05, 3.63) is 20.5 Å². The molecule has 0 aromatic carbocycles. The van der Waals surface area contributed by atoms with Gasteiger partial charge in [0.25, 0.3) is 0 Å². The standard InChI is InChI=1S/C16H22ClIN2O3/c1-16(2,3)12(23-15(19)21)7-10-6-11(13(17)20-14(10)18)22-8-9-4-5-9/h6,9,12H,4-5,7-8H2,1-3H3,(H2,19,21)/t12-/m0/s1. The van der Waals surface area contributed by atoms with Crippen LogP contribution < -0.4 is 10.5 Å². The second kappa shape index (κ2) is 7.42. The average Bonchev–Trinajstić information content (AvgIpc) is 3.22. The Balaban J connectivity index is 2.18. The van der Waals surface area contributed by atoms with Gasteiger partial charge in [0, 0.05) is 6.42 Å². The van der Waals surface area contributed by atoms with Crippen molar-refractivity contribution >= 4 is 40.3 Å². The molecule has 1 heterocycles. The zero-order valence-corrected chi connectivity index (χ0v) is 16.5. The normalized spacial score (nSPS) is 16.0. The maximum absolute atomic E-state index is 11.2. The summed E-state index contributed by atoms with van der Waals surface area (Å²) in [5.74, 6) is 1.22. The van der Waals surface area contributed by atoms with Gasteiger partial charge < -0.3 is 15.2 Å². The summed E-state index contributed by atoms with van der Waals surface area (Å²) in [5.41, 5.74) is 5.89. The minimum Gasteiger partial charge on any atom is -0.490 e. The van der Waals surface area contributed by atoms with Crippen LogP contribution in [-0.4, -0.2) is 23.8 Å². The van der Waals surface area contributed by atoms with E-state index in [9.17, 15) is 4.79 Å². The number of nitrogens with two attached hydrogens (primary N) is 1. The Kier molecular flexibility index (Phi) is 5.99. The molecule has 5 nitrogen and oxygen atoms in total. The van der Waals surface area contributed by atoms with Crippen molar-refractivity contribution in [3.8, 4) is 5.75 Å². The Hall–Kier alpha value is -0.760. The van der Waals surface area contributed by atoms with Crippen LogP contribution in [0.25, 0.3) is 0 Å². The van der Waals surface area contributed by atoms with Crippen molar-refractivity contribution in [1.82, 2.24) is 4.98 Å².